The first-order valence-electron chi connectivity index (χ1n) is 11.7. The largest absolute Gasteiger partial charge is 0.336 e. The van der Waals surface area contributed by atoms with E-state index in [1.807, 2.05) is 32.2 Å². The third kappa shape index (κ3) is 5.16. The number of rotatable bonds is 4. The molecule has 0 spiro atoms. The van der Waals surface area contributed by atoms with Gasteiger partial charge in [0.25, 0.3) is 5.91 Å². The maximum absolute atomic E-state index is 15.1. The van der Waals surface area contributed by atoms with Gasteiger partial charge in [-0.3, -0.25) is 14.8 Å². The molecule has 1 amide bonds. The zero-order chi connectivity index (χ0) is 24.1. The number of piperazine rings is 1. The summed E-state index contributed by atoms with van der Waals surface area (Å²) in [6.07, 6.45) is 5.07. The average molecular weight is 457 g/mol. The van der Waals surface area contributed by atoms with Crippen LogP contribution in [0.15, 0.2) is 48.8 Å². The fourth-order valence-electron chi connectivity index (χ4n) is 4.03. The molecule has 174 valence electrons. The van der Waals surface area contributed by atoms with Gasteiger partial charge in [-0.25, -0.2) is 4.39 Å². The SMILES string of the molecule is CCc1ccc(C#Cc2c(-c3ccc(C(=O)N4CCN(C)CC4)c(F)c3)ccnc2CC)cn1. The Labute approximate surface area is 200 Å². The van der Waals surface area contributed by atoms with Crippen LogP contribution in [0.25, 0.3) is 11.1 Å². The molecule has 0 atom stereocenters. The number of halogens is 1. The monoisotopic (exact) mass is 456 g/mol. The predicted octanol–water partition coefficient (Wildman–Crippen LogP) is 4.19. The van der Waals surface area contributed by atoms with Crippen molar-refractivity contribution < 1.29 is 9.18 Å². The minimum absolute atomic E-state index is 0.104. The van der Waals surface area contributed by atoms with Crippen LogP contribution in [0, 0.1) is 17.7 Å². The molecule has 0 radical (unpaired) electrons. The molecule has 3 heterocycles. The van der Waals surface area contributed by atoms with Crippen LogP contribution in [-0.4, -0.2) is 58.9 Å². The first-order chi connectivity index (χ1) is 16.5. The lowest BCUT2D eigenvalue weighted by Gasteiger charge is -2.32. The summed E-state index contributed by atoms with van der Waals surface area (Å²) in [6.45, 7) is 6.88. The number of carbonyl (C=O) groups is 1. The number of carbonyl (C=O) groups excluding carboxylic acids is 1. The van der Waals surface area contributed by atoms with E-state index in [0.717, 1.165) is 47.6 Å². The molecule has 6 heteroatoms. The number of hydrogen-bond acceptors (Lipinski definition) is 4. The smallest absolute Gasteiger partial charge is 0.256 e. The van der Waals surface area contributed by atoms with E-state index in [1.54, 1.807) is 29.4 Å². The van der Waals surface area contributed by atoms with Crippen molar-refractivity contribution in [1.29, 1.82) is 0 Å². The quantitative estimate of drug-likeness (QED) is 0.553. The molecular weight excluding hydrogens is 427 g/mol. The molecule has 1 saturated heterocycles. The molecule has 0 N–H and O–H groups in total. The number of benzene rings is 1. The van der Waals surface area contributed by atoms with Gasteiger partial charge in [0, 0.05) is 55.4 Å². The van der Waals surface area contributed by atoms with E-state index in [4.69, 9.17) is 0 Å². The highest BCUT2D eigenvalue weighted by molar-refractivity contribution is 5.95. The third-order valence-electron chi connectivity index (χ3n) is 6.18. The van der Waals surface area contributed by atoms with Crippen molar-refractivity contribution in [3.8, 4) is 23.0 Å². The van der Waals surface area contributed by atoms with Crippen LogP contribution in [0.5, 0.6) is 0 Å². The molecule has 4 rings (SSSR count). The molecule has 1 aromatic carbocycles. The van der Waals surface area contributed by atoms with Crippen LogP contribution >= 0.6 is 0 Å². The summed E-state index contributed by atoms with van der Waals surface area (Å²) < 4.78 is 15.1. The van der Waals surface area contributed by atoms with Crippen LogP contribution in [0.1, 0.15) is 46.7 Å². The second-order valence-corrected chi connectivity index (χ2v) is 8.47. The topological polar surface area (TPSA) is 49.3 Å². The Bertz CT molecular complexity index is 1240. The maximum atomic E-state index is 15.1. The highest BCUT2D eigenvalue weighted by Crippen LogP contribution is 2.27. The van der Waals surface area contributed by atoms with Crippen LogP contribution in [0.4, 0.5) is 4.39 Å². The Hall–Kier alpha value is -3.56. The number of amides is 1. The third-order valence-corrected chi connectivity index (χ3v) is 6.18. The maximum Gasteiger partial charge on any atom is 0.256 e. The van der Waals surface area contributed by atoms with Crippen LogP contribution < -0.4 is 0 Å². The first kappa shape index (κ1) is 23.6. The van der Waals surface area contributed by atoms with Crippen LogP contribution in [0.3, 0.4) is 0 Å². The minimum atomic E-state index is -0.519. The van der Waals surface area contributed by atoms with Crippen molar-refractivity contribution in [2.75, 3.05) is 33.2 Å². The van der Waals surface area contributed by atoms with E-state index in [-0.39, 0.29) is 11.5 Å². The van der Waals surface area contributed by atoms with Gasteiger partial charge >= 0.3 is 0 Å². The van der Waals surface area contributed by atoms with Crippen molar-refractivity contribution >= 4 is 5.91 Å². The lowest BCUT2D eigenvalue weighted by molar-refractivity contribution is 0.0659. The summed E-state index contributed by atoms with van der Waals surface area (Å²) >= 11 is 0. The van der Waals surface area contributed by atoms with Gasteiger partial charge in [0.05, 0.1) is 16.8 Å². The molecule has 0 saturated carbocycles. The summed E-state index contributed by atoms with van der Waals surface area (Å²) in [5, 5.41) is 0. The number of likely N-dealkylation sites (N-methyl/N-ethyl adjacent to an activating group) is 1. The summed E-state index contributed by atoms with van der Waals surface area (Å²) in [5.74, 6) is 5.64. The fourth-order valence-corrected chi connectivity index (χ4v) is 4.03. The van der Waals surface area contributed by atoms with Crippen molar-refractivity contribution in [2.45, 2.75) is 26.7 Å². The van der Waals surface area contributed by atoms with Gasteiger partial charge in [0.1, 0.15) is 5.82 Å². The Morgan fingerprint density at radius 1 is 1.00 bits per heavy atom. The van der Waals surface area contributed by atoms with Crippen molar-refractivity contribution in [3.05, 3.63) is 82.7 Å². The molecule has 0 unspecified atom stereocenters. The average Bonchev–Trinajstić information content (AvgIpc) is 2.87. The van der Waals surface area contributed by atoms with Crippen molar-refractivity contribution in [3.63, 3.8) is 0 Å². The molecule has 1 aliphatic rings. The van der Waals surface area contributed by atoms with E-state index >= 15 is 4.39 Å². The standard InChI is InChI=1S/C28H29FN4O/c1-4-22-9-6-20(19-31-22)7-10-24-23(12-13-30-27(24)5-2)21-8-11-25(26(29)18-21)28(34)33-16-14-32(3)15-17-33/h6,8-9,11-13,18-19H,4-5,14-17H2,1-3H3. The molecule has 1 fully saturated rings. The van der Waals surface area contributed by atoms with Crippen molar-refractivity contribution in [1.82, 2.24) is 19.8 Å². The second kappa shape index (κ2) is 10.6. The summed E-state index contributed by atoms with van der Waals surface area (Å²) in [6, 6.07) is 10.6. The molecule has 0 bridgehead atoms. The second-order valence-electron chi connectivity index (χ2n) is 8.47. The molecule has 1 aliphatic heterocycles. The molecule has 3 aromatic rings. The molecule has 2 aromatic heterocycles. The number of pyridine rings is 2. The molecule has 34 heavy (non-hydrogen) atoms. The normalized spacial score (nSPS) is 13.9. The van der Waals surface area contributed by atoms with Gasteiger partial charge in [-0.2, -0.15) is 0 Å². The van der Waals surface area contributed by atoms with Gasteiger partial charge in [0.2, 0.25) is 0 Å². The number of aromatic nitrogens is 2. The fraction of sp³-hybridized carbons (Fsp3) is 0.321. The van der Waals surface area contributed by atoms with Gasteiger partial charge in [-0.1, -0.05) is 31.8 Å². The minimum Gasteiger partial charge on any atom is -0.336 e. The number of aryl methyl sites for hydroxylation is 2. The highest BCUT2D eigenvalue weighted by Gasteiger charge is 2.23. The van der Waals surface area contributed by atoms with E-state index < -0.39 is 5.82 Å². The van der Waals surface area contributed by atoms with E-state index in [0.29, 0.717) is 25.1 Å². The van der Waals surface area contributed by atoms with Gasteiger partial charge < -0.3 is 9.80 Å². The number of nitrogens with zero attached hydrogens (tertiary/aromatic N) is 4. The van der Waals surface area contributed by atoms with Crippen LogP contribution in [0.2, 0.25) is 0 Å². The van der Waals surface area contributed by atoms with Crippen LogP contribution in [-0.2, 0) is 12.8 Å². The van der Waals surface area contributed by atoms with Gasteiger partial charge in [0.15, 0.2) is 0 Å². The van der Waals surface area contributed by atoms with Gasteiger partial charge in [-0.15, -0.1) is 0 Å². The Kier molecular flexibility index (Phi) is 7.34. The predicted molar refractivity (Wildman–Crippen MR) is 132 cm³/mol. The molecule has 5 nitrogen and oxygen atoms in total. The summed E-state index contributed by atoms with van der Waals surface area (Å²) in [5.41, 5.74) is 5.02. The lowest BCUT2D eigenvalue weighted by Crippen LogP contribution is -2.47. The van der Waals surface area contributed by atoms with E-state index in [1.165, 1.54) is 6.07 Å². The zero-order valence-electron chi connectivity index (χ0n) is 19.9. The highest BCUT2D eigenvalue weighted by atomic mass is 19.1. The van der Waals surface area contributed by atoms with Gasteiger partial charge in [-0.05, 0) is 55.8 Å². The number of hydrogen-bond donors (Lipinski definition) is 0. The Balaban J connectivity index is 1.66. The molecule has 0 aliphatic carbocycles. The lowest BCUT2D eigenvalue weighted by atomic mass is 9.96. The Morgan fingerprint density at radius 2 is 1.79 bits per heavy atom. The molecular formula is C28H29FN4O. The zero-order valence-corrected chi connectivity index (χ0v) is 19.9. The summed E-state index contributed by atoms with van der Waals surface area (Å²) in [7, 11) is 2.02. The Morgan fingerprint density at radius 3 is 2.44 bits per heavy atom. The summed E-state index contributed by atoms with van der Waals surface area (Å²) in [4.78, 5) is 25.6. The van der Waals surface area contributed by atoms with E-state index in [9.17, 15) is 4.79 Å². The van der Waals surface area contributed by atoms with E-state index in [2.05, 4.69) is 33.6 Å². The first-order valence-corrected chi connectivity index (χ1v) is 11.7. The van der Waals surface area contributed by atoms with Crippen molar-refractivity contribution in [2.24, 2.45) is 0 Å².